The van der Waals surface area contributed by atoms with Crippen molar-refractivity contribution in [2.24, 2.45) is 5.73 Å². The summed E-state index contributed by atoms with van der Waals surface area (Å²) in [5, 5.41) is 0. The van der Waals surface area contributed by atoms with Crippen LogP contribution < -0.4 is 5.73 Å². The molecule has 0 unspecified atom stereocenters. The van der Waals surface area contributed by atoms with Gasteiger partial charge in [0.1, 0.15) is 0 Å². The summed E-state index contributed by atoms with van der Waals surface area (Å²) in [6.07, 6.45) is 4.57. The zero-order chi connectivity index (χ0) is 8.97. The highest BCUT2D eigenvalue weighted by Gasteiger charge is 2.25. The largest absolute Gasteiger partial charge is 0.340 e. The average molecular weight is 170 g/mol. The molecule has 1 amide bonds. The molecule has 0 saturated heterocycles. The van der Waals surface area contributed by atoms with Gasteiger partial charge in [-0.25, -0.2) is 0 Å². The van der Waals surface area contributed by atoms with Gasteiger partial charge in [-0.2, -0.15) is 0 Å². The summed E-state index contributed by atoms with van der Waals surface area (Å²) in [7, 11) is 0. The molecule has 0 aromatic carbocycles. The molecule has 0 atom stereocenters. The van der Waals surface area contributed by atoms with Crippen molar-refractivity contribution in [3.05, 3.63) is 0 Å². The number of carbonyl (C=O) groups is 1. The van der Waals surface area contributed by atoms with Crippen LogP contribution in [0.5, 0.6) is 0 Å². The number of hydrogen-bond donors (Lipinski definition) is 1. The van der Waals surface area contributed by atoms with Crippen LogP contribution >= 0.6 is 0 Å². The lowest BCUT2D eigenvalue weighted by Gasteiger charge is -2.37. The number of nitrogens with two attached hydrogens (primary N) is 1. The van der Waals surface area contributed by atoms with E-state index in [0.29, 0.717) is 12.6 Å². The number of amides is 1. The Morgan fingerprint density at radius 1 is 1.58 bits per heavy atom. The molecule has 0 aromatic rings. The summed E-state index contributed by atoms with van der Waals surface area (Å²) in [5.74, 6) is 0.202. The summed E-state index contributed by atoms with van der Waals surface area (Å²) in [4.78, 5) is 13.1. The summed E-state index contributed by atoms with van der Waals surface area (Å²) >= 11 is 0. The first-order chi connectivity index (χ1) is 5.75. The summed E-state index contributed by atoms with van der Waals surface area (Å²) in [6, 6.07) is 0.522. The Labute approximate surface area is 73.9 Å². The monoisotopic (exact) mass is 170 g/mol. The molecule has 1 fully saturated rings. The zero-order valence-electron chi connectivity index (χ0n) is 7.75. The third-order valence-electron chi connectivity index (χ3n) is 2.52. The van der Waals surface area contributed by atoms with E-state index >= 15 is 0 Å². The van der Waals surface area contributed by atoms with Crippen molar-refractivity contribution in [1.82, 2.24) is 4.90 Å². The van der Waals surface area contributed by atoms with E-state index in [2.05, 4.69) is 0 Å². The van der Waals surface area contributed by atoms with Crippen molar-refractivity contribution in [2.45, 2.75) is 38.6 Å². The topological polar surface area (TPSA) is 46.3 Å². The molecule has 1 rings (SSSR count). The predicted molar refractivity (Wildman–Crippen MR) is 48.7 cm³/mol. The fraction of sp³-hybridized carbons (Fsp3) is 0.889. The van der Waals surface area contributed by atoms with E-state index in [1.54, 1.807) is 6.92 Å². The van der Waals surface area contributed by atoms with Gasteiger partial charge in [0.25, 0.3) is 0 Å². The van der Waals surface area contributed by atoms with Crippen LogP contribution in [0.1, 0.15) is 32.6 Å². The third kappa shape index (κ3) is 2.21. The van der Waals surface area contributed by atoms with Gasteiger partial charge >= 0.3 is 0 Å². The molecular weight excluding hydrogens is 152 g/mol. The van der Waals surface area contributed by atoms with E-state index in [9.17, 15) is 4.79 Å². The molecule has 0 radical (unpaired) electrons. The average Bonchev–Trinajstić information content (AvgIpc) is 1.93. The molecule has 70 valence electrons. The van der Waals surface area contributed by atoms with Gasteiger partial charge in [-0.15, -0.1) is 0 Å². The van der Waals surface area contributed by atoms with E-state index in [1.165, 1.54) is 19.3 Å². The highest BCUT2D eigenvalue weighted by molar-refractivity contribution is 5.73. The Balaban J connectivity index is 2.32. The van der Waals surface area contributed by atoms with Crippen LogP contribution in [0.25, 0.3) is 0 Å². The Morgan fingerprint density at radius 3 is 2.58 bits per heavy atom. The lowest BCUT2D eigenvalue weighted by Crippen LogP contribution is -2.44. The normalized spacial score (nSPS) is 17.2. The molecule has 0 spiro atoms. The second kappa shape index (κ2) is 4.45. The van der Waals surface area contributed by atoms with Crippen LogP contribution in [-0.4, -0.2) is 29.9 Å². The molecule has 3 heteroatoms. The fourth-order valence-corrected chi connectivity index (χ4v) is 1.56. The Bertz CT molecular complexity index is 155. The van der Waals surface area contributed by atoms with Crippen molar-refractivity contribution in [3.8, 4) is 0 Å². The maximum absolute atomic E-state index is 11.2. The first-order valence-corrected chi connectivity index (χ1v) is 4.73. The lowest BCUT2D eigenvalue weighted by molar-refractivity contribution is -0.132. The lowest BCUT2D eigenvalue weighted by atomic mass is 9.91. The van der Waals surface area contributed by atoms with Crippen LogP contribution in [0.3, 0.4) is 0 Å². The Morgan fingerprint density at radius 2 is 2.25 bits per heavy atom. The van der Waals surface area contributed by atoms with Crippen LogP contribution in [0.15, 0.2) is 0 Å². The number of rotatable bonds is 4. The molecule has 12 heavy (non-hydrogen) atoms. The fourth-order valence-electron chi connectivity index (χ4n) is 1.56. The number of nitrogens with zero attached hydrogens (tertiary/aromatic N) is 1. The molecule has 1 aliphatic carbocycles. The molecule has 0 heterocycles. The van der Waals surface area contributed by atoms with Gasteiger partial charge in [-0.3, -0.25) is 4.79 Å². The minimum absolute atomic E-state index is 0.202. The zero-order valence-corrected chi connectivity index (χ0v) is 7.75. The summed E-state index contributed by atoms with van der Waals surface area (Å²) < 4.78 is 0. The first kappa shape index (κ1) is 9.52. The molecule has 1 aliphatic rings. The highest BCUT2D eigenvalue weighted by atomic mass is 16.2. The molecular formula is C9H18N2O. The van der Waals surface area contributed by atoms with Crippen LogP contribution in [0, 0.1) is 0 Å². The Hall–Kier alpha value is -0.570. The summed E-state index contributed by atoms with van der Waals surface area (Å²) in [5.41, 5.74) is 5.40. The van der Waals surface area contributed by atoms with Gasteiger partial charge in [0.15, 0.2) is 0 Å². The summed E-state index contributed by atoms with van der Waals surface area (Å²) in [6.45, 7) is 3.17. The third-order valence-corrected chi connectivity index (χ3v) is 2.52. The van der Waals surface area contributed by atoms with Crippen LogP contribution in [0.4, 0.5) is 0 Å². The number of carbonyl (C=O) groups excluding carboxylic acids is 1. The maximum Gasteiger partial charge on any atom is 0.219 e. The smallest absolute Gasteiger partial charge is 0.219 e. The maximum atomic E-state index is 11.2. The van der Waals surface area contributed by atoms with Gasteiger partial charge in [0, 0.05) is 19.5 Å². The predicted octanol–water partition coefficient (Wildman–Crippen LogP) is 0.736. The van der Waals surface area contributed by atoms with Crippen LogP contribution in [0.2, 0.25) is 0 Å². The highest BCUT2D eigenvalue weighted by Crippen LogP contribution is 2.24. The molecule has 0 bridgehead atoms. The van der Waals surface area contributed by atoms with Crippen molar-refractivity contribution in [2.75, 3.05) is 13.1 Å². The Kier molecular flexibility index (Phi) is 3.53. The molecule has 3 nitrogen and oxygen atoms in total. The second-order valence-electron chi connectivity index (χ2n) is 3.44. The van der Waals surface area contributed by atoms with Crippen molar-refractivity contribution < 1.29 is 4.79 Å². The molecule has 0 aliphatic heterocycles. The van der Waals surface area contributed by atoms with Crippen molar-refractivity contribution in [1.29, 1.82) is 0 Å². The van der Waals surface area contributed by atoms with Crippen molar-refractivity contribution in [3.63, 3.8) is 0 Å². The first-order valence-electron chi connectivity index (χ1n) is 4.73. The second-order valence-corrected chi connectivity index (χ2v) is 3.44. The quantitative estimate of drug-likeness (QED) is 0.676. The van der Waals surface area contributed by atoms with E-state index in [0.717, 1.165) is 13.0 Å². The van der Waals surface area contributed by atoms with E-state index < -0.39 is 0 Å². The van der Waals surface area contributed by atoms with Crippen molar-refractivity contribution >= 4 is 5.91 Å². The minimum atomic E-state index is 0.202. The molecule has 0 aromatic heterocycles. The SMILES string of the molecule is CC(=O)N(CCCN)C1CCC1. The molecule has 2 N–H and O–H groups in total. The van der Waals surface area contributed by atoms with Gasteiger partial charge in [0.05, 0.1) is 0 Å². The van der Waals surface area contributed by atoms with E-state index in [-0.39, 0.29) is 5.91 Å². The standard InChI is InChI=1S/C9H18N2O/c1-8(12)11(7-3-6-10)9-4-2-5-9/h9H,2-7,10H2,1H3. The van der Waals surface area contributed by atoms with E-state index in [1.807, 2.05) is 4.90 Å². The van der Waals surface area contributed by atoms with Gasteiger partial charge in [-0.05, 0) is 32.2 Å². The minimum Gasteiger partial charge on any atom is -0.340 e. The number of hydrogen-bond acceptors (Lipinski definition) is 2. The van der Waals surface area contributed by atoms with Gasteiger partial charge in [0.2, 0.25) is 5.91 Å². The van der Waals surface area contributed by atoms with Crippen LogP contribution in [-0.2, 0) is 4.79 Å². The molecule has 1 saturated carbocycles. The van der Waals surface area contributed by atoms with Gasteiger partial charge < -0.3 is 10.6 Å². The van der Waals surface area contributed by atoms with Gasteiger partial charge in [-0.1, -0.05) is 0 Å². The van der Waals surface area contributed by atoms with E-state index in [4.69, 9.17) is 5.73 Å².